The predicted octanol–water partition coefficient (Wildman–Crippen LogP) is 6.33. The summed E-state index contributed by atoms with van der Waals surface area (Å²) in [6.45, 7) is 8.91. The first-order valence-electron chi connectivity index (χ1n) is 8.15. The van der Waals surface area contributed by atoms with E-state index in [-0.39, 0.29) is 0 Å². The molecule has 0 saturated heterocycles. The summed E-state index contributed by atoms with van der Waals surface area (Å²) < 4.78 is 0. The Bertz CT molecular complexity index is 796. The van der Waals surface area contributed by atoms with Crippen LogP contribution in [0.25, 0.3) is 16.3 Å². The van der Waals surface area contributed by atoms with Crippen molar-refractivity contribution >= 4 is 16.3 Å². The average molecular weight is 288 g/mol. The summed E-state index contributed by atoms with van der Waals surface area (Å²) >= 11 is 0. The molecule has 1 atom stereocenters. The van der Waals surface area contributed by atoms with Crippen molar-refractivity contribution in [2.24, 2.45) is 5.92 Å². The van der Waals surface area contributed by atoms with Gasteiger partial charge in [0.05, 0.1) is 0 Å². The van der Waals surface area contributed by atoms with E-state index in [1.54, 1.807) is 0 Å². The van der Waals surface area contributed by atoms with E-state index in [2.05, 4.69) is 82.3 Å². The normalized spacial score (nSPS) is 19.9. The highest BCUT2D eigenvalue weighted by molar-refractivity contribution is 6.00. The van der Waals surface area contributed by atoms with Gasteiger partial charge >= 0.3 is 0 Å². The van der Waals surface area contributed by atoms with Crippen LogP contribution >= 0.6 is 0 Å². The van der Waals surface area contributed by atoms with Gasteiger partial charge in [0.25, 0.3) is 0 Å². The standard InChI is InChI=1S/C22H24/c1-5-6-10-20-21(15(2)3)16(4)14-18-13-12-17-9-7-8-11-19(17)22(18)20/h5-13,16H,14H2,1-4H3/b6-5-,20-10+. The maximum atomic E-state index is 2.35. The van der Waals surface area contributed by atoms with Crippen molar-refractivity contribution in [2.45, 2.75) is 34.1 Å². The molecule has 0 heteroatoms. The van der Waals surface area contributed by atoms with Crippen molar-refractivity contribution in [3.05, 3.63) is 76.9 Å². The van der Waals surface area contributed by atoms with Crippen molar-refractivity contribution in [1.82, 2.24) is 0 Å². The van der Waals surface area contributed by atoms with E-state index < -0.39 is 0 Å². The lowest BCUT2D eigenvalue weighted by molar-refractivity contribution is 0.676. The Kier molecular flexibility index (Phi) is 4.02. The Hall–Kier alpha value is -2.08. The van der Waals surface area contributed by atoms with Gasteiger partial charge in [0.2, 0.25) is 0 Å². The molecule has 0 radical (unpaired) electrons. The molecular formula is C22H24. The summed E-state index contributed by atoms with van der Waals surface area (Å²) in [6.07, 6.45) is 7.71. The zero-order chi connectivity index (χ0) is 15.7. The fourth-order valence-corrected chi connectivity index (χ4v) is 3.76. The molecule has 2 aromatic carbocycles. The molecule has 3 rings (SSSR count). The van der Waals surface area contributed by atoms with Gasteiger partial charge in [-0.05, 0) is 66.2 Å². The molecule has 1 unspecified atom stereocenters. The third-order valence-electron chi connectivity index (χ3n) is 4.59. The number of allylic oxidation sites excluding steroid dienone is 6. The van der Waals surface area contributed by atoms with Gasteiger partial charge in [-0.1, -0.05) is 67.1 Å². The van der Waals surface area contributed by atoms with Crippen LogP contribution in [-0.2, 0) is 6.42 Å². The summed E-state index contributed by atoms with van der Waals surface area (Å²) in [5.41, 5.74) is 7.27. The fourth-order valence-electron chi connectivity index (χ4n) is 3.76. The van der Waals surface area contributed by atoms with Crippen LogP contribution in [0.3, 0.4) is 0 Å². The zero-order valence-electron chi connectivity index (χ0n) is 14.0. The van der Waals surface area contributed by atoms with E-state index in [1.807, 2.05) is 0 Å². The SMILES string of the molecule is C/C=C\C=C1/C(=C(C)C)C(C)Cc2ccc3ccccc3c21. The van der Waals surface area contributed by atoms with Gasteiger partial charge in [-0.3, -0.25) is 0 Å². The molecule has 0 aliphatic heterocycles. The highest BCUT2D eigenvalue weighted by atomic mass is 14.3. The van der Waals surface area contributed by atoms with Crippen LogP contribution < -0.4 is 0 Å². The maximum absolute atomic E-state index is 2.35. The summed E-state index contributed by atoms with van der Waals surface area (Å²) in [7, 11) is 0. The number of fused-ring (bicyclic) bond motifs is 3. The van der Waals surface area contributed by atoms with Crippen LogP contribution in [0.1, 0.15) is 38.8 Å². The number of rotatable bonds is 1. The quantitative estimate of drug-likeness (QED) is 0.575. The van der Waals surface area contributed by atoms with Crippen LogP contribution in [0.4, 0.5) is 0 Å². The molecular weight excluding hydrogens is 264 g/mol. The maximum Gasteiger partial charge on any atom is -0.00702 e. The molecule has 0 bridgehead atoms. The van der Waals surface area contributed by atoms with Crippen molar-refractivity contribution in [1.29, 1.82) is 0 Å². The molecule has 0 aromatic heterocycles. The minimum atomic E-state index is 0.579. The van der Waals surface area contributed by atoms with Gasteiger partial charge < -0.3 is 0 Å². The molecule has 112 valence electrons. The highest BCUT2D eigenvalue weighted by Gasteiger charge is 2.26. The molecule has 2 aromatic rings. The minimum absolute atomic E-state index is 0.579. The summed E-state index contributed by atoms with van der Waals surface area (Å²) in [6, 6.07) is 13.3. The lowest BCUT2D eigenvalue weighted by atomic mass is 9.74. The van der Waals surface area contributed by atoms with Crippen molar-refractivity contribution in [2.75, 3.05) is 0 Å². The van der Waals surface area contributed by atoms with E-state index in [1.165, 1.54) is 38.6 Å². The molecule has 0 heterocycles. The molecule has 1 aliphatic carbocycles. The Morgan fingerprint density at radius 1 is 1.09 bits per heavy atom. The molecule has 0 fully saturated rings. The van der Waals surface area contributed by atoms with E-state index >= 15 is 0 Å². The number of hydrogen-bond acceptors (Lipinski definition) is 0. The van der Waals surface area contributed by atoms with Crippen molar-refractivity contribution in [3.8, 4) is 0 Å². The second kappa shape index (κ2) is 5.96. The largest absolute Gasteiger partial charge is 0.0876 e. The first-order valence-corrected chi connectivity index (χ1v) is 8.15. The van der Waals surface area contributed by atoms with Gasteiger partial charge in [-0.2, -0.15) is 0 Å². The average Bonchev–Trinajstić information content (AvgIpc) is 2.51. The number of hydrogen-bond donors (Lipinski definition) is 0. The number of benzene rings is 2. The lowest BCUT2D eigenvalue weighted by Crippen LogP contribution is -2.15. The van der Waals surface area contributed by atoms with Crippen molar-refractivity contribution in [3.63, 3.8) is 0 Å². The lowest BCUT2D eigenvalue weighted by Gasteiger charge is -2.30. The Labute approximate surface area is 133 Å². The third kappa shape index (κ3) is 2.43. The highest BCUT2D eigenvalue weighted by Crippen LogP contribution is 2.43. The smallest absolute Gasteiger partial charge is 0.00702 e. The van der Waals surface area contributed by atoms with Crippen molar-refractivity contribution < 1.29 is 0 Å². The van der Waals surface area contributed by atoms with E-state index in [9.17, 15) is 0 Å². The van der Waals surface area contributed by atoms with Crippen LogP contribution in [0, 0.1) is 5.92 Å². The molecule has 0 spiro atoms. The monoisotopic (exact) mass is 288 g/mol. The van der Waals surface area contributed by atoms with Gasteiger partial charge in [0, 0.05) is 0 Å². The van der Waals surface area contributed by atoms with Crippen LogP contribution in [-0.4, -0.2) is 0 Å². The molecule has 22 heavy (non-hydrogen) atoms. The van der Waals surface area contributed by atoms with Gasteiger partial charge in [0.1, 0.15) is 0 Å². The first kappa shape index (κ1) is 14.8. The Morgan fingerprint density at radius 3 is 2.59 bits per heavy atom. The molecule has 0 amide bonds. The van der Waals surface area contributed by atoms with Gasteiger partial charge in [0.15, 0.2) is 0 Å². The minimum Gasteiger partial charge on any atom is -0.0876 e. The van der Waals surface area contributed by atoms with E-state index in [0.29, 0.717) is 5.92 Å². The molecule has 1 aliphatic rings. The van der Waals surface area contributed by atoms with E-state index in [0.717, 1.165) is 6.42 Å². The summed E-state index contributed by atoms with van der Waals surface area (Å²) in [5, 5.41) is 2.71. The summed E-state index contributed by atoms with van der Waals surface area (Å²) in [5.74, 6) is 0.579. The van der Waals surface area contributed by atoms with Crippen LogP contribution in [0.2, 0.25) is 0 Å². The molecule has 0 nitrogen and oxygen atoms in total. The topological polar surface area (TPSA) is 0 Å². The second-order valence-corrected chi connectivity index (χ2v) is 6.45. The Morgan fingerprint density at radius 2 is 1.86 bits per heavy atom. The zero-order valence-corrected chi connectivity index (χ0v) is 14.0. The summed E-state index contributed by atoms with van der Waals surface area (Å²) in [4.78, 5) is 0. The Balaban J connectivity index is 2.39. The van der Waals surface area contributed by atoms with E-state index in [4.69, 9.17) is 0 Å². The first-order chi connectivity index (χ1) is 10.6. The predicted molar refractivity (Wildman–Crippen MR) is 98.0 cm³/mol. The third-order valence-corrected chi connectivity index (χ3v) is 4.59. The van der Waals surface area contributed by atoms with Crippen LogP contribution in [0.15, 0.2) is 65.8 Å². The fraction of sp³-hybridized carbons (Fsp3) is 0.273. The second-order valence-electron chi connectivity index (χ2n) is 6.45. The van der Waals surface area contributed by atoms with Crippen LogP contribution in [0.5, 0.6) is 0 Å². The molecule has 0 N–H and O–H groups in total. The molecule has 0 saturated carbocycles. The van der Waals surface area contributed by atoms with Gasteiger partial charge in [-0.25, -0.2) is 0 Å². The van der Waals surface area contributed by atoms with Gasteiger partial charge in [-0.15, -0.1) is 0 Å².